The molecule has 364 valence electrons. The molecule has 0 aliphatic heterocycles. The van der Waals surface area contributed by atoms with Crippen molar-refractivity contribution in [3.63, 3.8) is 0 Å². The number of nitrogens with zero attached hydrogens (tertiary/aromatic N) is 1. The molecule has 1 fully saturated rings. The molecule has 1 atom stereocenters. The van der Waals surface area contributed by atoms with Crippen LogP contribution in [-0.4, -0.2) is 67.6 Å². The van der Waals surface area contributed by atoms with Crippen molar-refractivity contribution in [2.24, 2.45) is 0 Å². The molecule has 2 amide bonds. The van der Waals surface area contributed by atoms with E-state index in [4.69, 9.17) is 9.16 Å². The van der Waals surface area contributed by atoms with Gasteiger partial charge < -0.3 is 34.8 Å². The smallest absolute Gasteiger partial charge is 0.411 e. The summed E-state index contributed by atoms with van der Waals surface area (Å²) in [5.41, 5.74) is 7.80. The van der Waals surface area contributed by atoms with Gasteiger partial charge in [-0.15, -0.1) is 0 Å². The minimum Gasteiger partial charge on any atom is -0.506 e. The van der Waals surface area contributed by atoms with E-state index in [1.54, 1.807) is 12.1 Å². The van der Waals surface area contributed by atoms with Crippen LogP contribution in [0.5, 0.6) is 5.75 Å². The van der Waals surface area contributed by atoms with Gasteiger partial charge in [0.25, 0.3) is 0 Å². The largest absolute Gasteiger partial charge is 0.506 e. The number of ether oxygens (including phenoxy) is 1. The Kier molecular flexibility index (Phi) is 17.3. The molecule has 0 radical (unpaired) electrons. The van der Waals surface area contributed by atoms with Crippen molar-refractivity contribution in [2.45, 2.75) is 121 Å². The van der Waals surface area contributed by atoms with E-state index in [0.717, 1.165) is 84.0 Å². The van der Waals surface area contributed by atoms with Crippen molar-refractivity contribution in [3.05, 3.63) is 160 Å². The number of nitrogens with one attached hydrogen (secondary N) is 4. The number of aryl methyl sites for hydroxylation is 2. The van der Waals surface area contributed by atoms with Crippen molar-refractivity contribution >= 4 is 42.6 Å². The lowest BCUT2D eigenvalue weighted by atomic mass is 9.92. The van der Waals surface area contributed by atoms with Crippen LogP contribution in [-0.2, 0) is 33.3 Å². The number of anilines is 2. The Hall–Kier alpha value is -6.05. The van der Waals surface area contributed by atoms with Crippen LogP contribution in [0.4, 0.5) is 16.2 Å². The maximum absolute atomic E-state index is 13.4. The quantitative estimate of drug-likeness (QED) is 0.0476. The van der Waals surface area contributed by atoms with E-state index in [-0.39, 0.29) is 34.5 Å². The Morgan fingerprint density at radius 2 is 1.48 bits per heavy atom. The second-order valence-electron chi connectivity index (χ2n) is 20.2. The van der Waals surface area contributed by atoms with Crippen molar-refractivity contribution < 1.29 is 23.9 Å². The van der Waals surface area contributed by atoms with Gasteiger partial charge in [0.2, 0.25) is 11.5 Å². The van der Waals surface area contributed by atoms with E-state index in [1.807, 2.05) is 72.8 Å². The van der Waals surface area contributed by atoms with Crippen LogP contribution >= 0.6 is 0 Å². The number of phenols is 1. The van der Waals surface area contributed by atoms with Crippen LogP contribution in [0.3, 0.4) is 0 Å². The topological polar surface area (TPSA) is 145 Å². The lowest BCUT2D eigenvalue weighted by Gasteiger charge is -2.39. The van der Waals surface area contributed by atoms with Crippen molar-refractivity contribution in [2.75, 3.05) is 30.8 Å². The molecule has 5 aromatic carbocycles. The van der Waals surface area contributed by atoms with Gasteiger partial charge in [-0.2, -0.15) is 0 Å². The van der Waals surface area contributed by atoms with Gasteiger partial charge in [-0.3, -0.25) is 14.9 Å². The second kappa shape index (κ2) is 23.5. The average molecular weight is 950 g/mol. The molecule has 5 N–H and O–H groups in total. The second-order valence-corrected chi connectivity index (χ2v) is 24.9. The number of H-pyrrole nitrogens is 1. The Labute approximate surface area is 409 Å². The molecule has 1 aromatic heterocycles. The molecule has 69 heavy (non-hydrogen) atoms. The molecular formula is C57H71N5O6Si. The Morgan fingerprint density at radius 1 is 0.797 bits per heavy atom. The number of fused-ring (bicyclic) bond motifs is 1. The number of aromatic nitrogens is 1. The summed E-state index contributed by atoms with van der Waals surface area (Å²) in [5, 5.41) is 21.0. The van der Waals surface area contributed by atoms with E-state index in [9.17, 15) is 19.5 Å². The lowest BCUT2D eigenvalue weighted by molar-refractivity contribution is -0.116. The summed E-state index contributed by atoms with van der Waals surface area (Å²) in [6, 6.07) is 41.8. The number of carbonyl (C=O) groups excluding carboxylic acids is 2. The van der Waals surface area contributed by atoms with Crippen molar-refractivity contribution in [3.8, 4) is 16.9 Å². The highest BCUT2D eigenvalue weighted by Crippen LogP contribution is 2.41. The number of benzene rings is 5. The Morgan fingerprint density at radius 3 is 2.19 bits per heavy atom. The monoisotopic (exact) mass is 950 g/mol. The van der Waals surface area contributed by atoms with Crippen LogP contribution in [0.2, 0.25) is 18.1 Å². The summed E-state index contributed by atoms with van der Waals surface area (Å²) in [6.45, 7) is 13.2. The van der Waals surface area contributed by atoms with E-state index in [2.05, 4.69) is 103 Å². The number of pyridine rings is 1. The first kappa shape index (κ1) is 50.8. The molecule has 1 heterocycles. The molecule has 12 heteroatoms. The highest BCUT2D eigenvalue weighted by Gasteiger charge is 2.40. The number of amides is 2. The first-order valence-corrected chi connectivity index (χ1v) is 27.5. The third-order valence-corrected chi connectivity index (χ3v) is 18.5. The minimum absolute atomic E-state index is 0.0195. The summed E-state index contributed by atoms with van der Waals surface area (Å²) in [4.78, 5) is 43.9. The van der Waals surface area contributed by atoms with Gasteiger partial charge in [-0.25, -0.2) is 4.79 Å². The molecule has 1 aliphatic carbocycles. The van der Waals surface area contributed by atoms with Crippen LogP contribution in [0, 0.1) is 0 Å². The third kappa shape index (κ3) is 14.3. The zero-order valence-electron chi connectivity index (χ0n) is 41.3. The summed E-state index contributed by atoms with van der Waals surface area (Å²) in [7, 11) is -0.00905. The van der Waals surface area contributed by atoms with Crippen LogP contribution in [0.15, 0.2) is 132 Å². The molecule has 7 rings (SSSR count). The molecule has 1 saturated carbocycles. The Balaban J connectivity index is 0.884. The van der Waals surface area contributed by atoms with Gasteiger partial charge in [-0.1, -0.05) is 112 Å². The number of aromatic amines is 1. The summed E-state index contributed by atoms with van der Waals surface area (Å²) in [6.07, 6.45) is 6.66. The highest BCUT2D eigenvalue weighted by molar-refractivity contribution is 6.74. The maximum Gasteiger partial charge on any atom is 0.411 e. The molecular weight excluding hydrogens is 879 g/mol. The number of hydrogen-bond donors (Lipinski definition) is 5. The normalized spacial score (nSPS) is 15.8. The first-order chi connectivity index (χ1) is 33.1. The summed E-state index contributed by atoms with van der Waals surface area (Å²) < 4.78 is 13.0. The fourth-order valence-electron chi connectivity index (χ4n) is 8.99. The lowest BCUT2D eigenvalue weighted by Crippen LogP contribution is -2.43. The van der Waals surface area contributed by atoms with E-state index < -0.39 is 14.4 Å². The van der Waals surface area contributed by atoms with Crippen LogP contribution < -0.4 is 21.5 Å². The molecule has 0 spiro atoms. The minimum atomic E-state index is -2.22. The number of phenolic OH excluding ortho intramolecular Hbond substituents is 1. The van der Waals surface area contributed by atoms with Crippen molar-refractivity contribution in [1.82, 2.24) is 15.2 Å². The number of hydrogen-bond acceptors (Lipinski definition) is 8. The van der Waals surface area contributed by atoms with Gasteiger partial charge in [0.1, 0.15) is 11.9 Å². The van der Waals surface area contributed by atoms with E-state index in [1.165, 1.54) is 11.6 Å². The molecule has 0 unspecified atom stereocenters. The fourth-order valence-corrected chi connectivity index (χ4v) is 10.3. The number of rotatable bonds is 20. The fraction of sp³-hybridized carbons (Fsp3) is 0.386. The molecule has 6 aromatic rings. The maximum atomic E-state index is 13.4. The van der Waals surface area contributed by atoms with Crippen molar-refractivity contribution in [1.29, 1.82) is 0 Å². The van der Waals surface area contributed by atoms with E-state index >= 15 is 0 Å². The highest BCUT2D eigenvalue weighted by atomic mass is 28.4. The average Bonchev–Trinajstić information content (AvgIpc) is 3.32. The van der Waals surface area contributed by atoms with Gasteiger partial charge in [-0.05, 0) is 141 Å². The zero-order chi connectivity index (χ0) is 49.0. The third-order valence-electron chi connectivity index (χ3n) is 14.0. The predicted octanol–water partition coefficient (Wildman–Crippen LogP) is 12.1. The molecule has 0 saturated heterocycles. The zero-order valence-corrected chi connectivity index (χ0v) is 42.3. The summed E-state index contributed by atoms with van der Waals surface area (Å²) >= 11 is 0. The number of aromatic hydroxyl groups is 1. The molecule has 1 aliphatic rings. The summed E-state index contributed by atoms with van der Waals surface area (Å²) in [5.74, 6) is -0.0454. The predicted molar refractivity (Wildman–Crippen MR) is 282 cm³/mol. The molecule has 11 nitrogen and oxygen atoms in total. The van der Waals surface area contributed by atoms with Gasteiger partial charge in [0.15, 0.2) is 8.32 Å². The Bertz CT molecular complexity index is 2680. The van der Waals surface area contributed by atoms with Gasteiger partial charge in [0.05, 0.1) is 17.3 Å². The van der Waals surface area contributed by atoms with Crippen LogP contribution in [0.25, 0.3) is 22.0 Å². The number of carbonyl (C=O) groups is 2. The van der Waals surface area contributed by atoms with Gasteiger partial charge >= 0.3 is 6.09 Å². The van der Waals surface area contributed by atoms with Crippen LogP contribution in [0.1, 0.15) is 94.1 Å². The first-order valence-electron chi connectivity index (χ1n) is 24.6. The van der Waals surface area contributed by atoms with E-state index in [0.29, 0.717) is 49.6 Å². The standard InChI is InChI=1S/C57H71N5O6Si/c1-57(2,3)69(5,6)68-52(48-32-34-51(63)55-49(48)33-35-54(65)61-55)39-58-38-42-22-25-44(26-23-42)59-53(64)21-13-17-41-24-31-47(43-19-11-8-12-20-43)50(37-41)60-56(66)67-46-29-27-45(28-30-46)62(4)36-14-18-40-15-9-7-10-16-40/h7-12,15-16,19-20,22-26,31-35,37,45-46,52,58,63H,13-14,17-18,21,27-30,36,38-39H2,1-6H3,(H,59,64)(H,60,66)(H,61,65)/t45?,46?,52-/m0/s1. The van der Waals surface area contributed by atoms with Gasteiger partial charge in [0, 0.05) is 48.3 Å². The molecule has 0 bridgehead atoms. The SMILES string of the molecule is CN(CCCc1ccccc1)C1CCC(OC(=O)Nc2cc(CCCC(=O)Nc3ccc(CNC[C@H](O[Si](C)(C)C(C)(C)C)c4ccc(O)c5[nH]c(=O)ccc45)cc3)ccc2-c2ccccc2)CC1.